The maximum absolute atomic E-state index is 13.2. The van der Waals surface area contributed by atoms with Crippen LogP contribution in [0.25, 0.3) is 0 Å². The molecule has 0 saturated carbocycles. The van der Waals surface area contributed by atoms with Crippen molar-refractivity contribution in [1.29, 1.82) is 0 Å². The Balaban J connectivity index is 2.80. The van der Waals surface area contributed by atoms with Crippen molar-refractivity contribution < 1.29 is 19.0 Å². The molecule has 0 aromatic heterocycles. The molecular formula is C12H16F2O2. The van der Waals surface area contributed by atoms with Gasteiger partial charge in [0.2, 0.25) is 0 Å². The average molecular weight is 230 g/mol. The zero-order valence-electron chi connectivity index (χ0n) is 9.32. The second-order valence-corrected chi connectivity index (χ2v) is 4.21. The van der Waals surface area contributed by atoms with Crippen LogP contribution < -0.4 is 0 Å². The lowest BCUT2D eigenvalue weighted by molar-refractivity contribution is -0.00808. The van der Waals surface area contributed by atoms with E-state index in [2.05, 4.69) is 0 Å². The summed E-state index contributed by atoms with van der Waals surface area (Å²) >= 11 is 0. The Bertz CT molecular complexity index is 333. The Hall–Kier alpha value is -1.00. The van der Waals surface area contributed by atoms with E-state index in [0.717, 1.165) is 12.1 Å². The van der Waals surface area contributed by atoms with Crippen molar-refractivity contribution in [1.82, 2.24) is 0 Å². The summed E-state index contributed by atoms with van der Waals surface area (Å²) in [7, 11) is 0. The first-order chi connectivity index (χ1) is 7.43. The van der Waals surface area contributed by atoms with Gasteiger partial charge in [0.05, 0.1) is 12.2 Å². The molecule has 0 aliphatic heterocycles. The predicted molar refractivity (Wildman–Crippen MR) is 56.9 cm³/mol. The molecule has 2 N–H and O–H groups in total. The van der Waals surface area contributed by atoms with Gasteiger partial charge in [0.1, 0.15) is 11.6 Å². The molecule has 90 valence electrons. The highest BCUT2D eigenvalue weighted by Crippen LogP contribution is 2.17. The van der Waals surface area contributed by atoms with Crippen LogP contribution in [0.2, 0.25) is 0 Å². The van der Waals surface area contributed by atoms with Crippen molar-refractivity contribution in [2.45, 2.75) is 32.5 Å². The number of halogens is 2. The smallest absolute Gasteiger partial charge is 0.129 e. The Morgan fingerprint density at radius 2 is 1.62 bits per heavy atom. The quantitative estimate of drug-likeness (QED) is 0.829. The van der Waals surface area contributed by atoms with Crippen LogP contribution in [-0.4, -0.2) is 22.4 Å². The summed E-state index contributed by atoms with van der Waals surface area (Å²) in [6, 6.07) is 3.53. The van der Waals surface area contributed by atoms with Crippen molar-refractivity contribution in [3.05, 3.63) is 35.4 Å². The molecule has 1 aromatic rings. The molecular weight excluding hydrogens is 214 g/mol. The molecule has 16 heavy (non-hydrogen) atoms. The van der Waals surface area contributed by atoms with E-state index in [4.69, 9.17) is 0 Å². The third kappa shape index (κ3) is 3.00. The summed E-state index contributed by atoms with van der Waals surface area (Å²) in [6.45, 7) is 3.46. The van der Waals surface area contributed by atoms with Gasteiger partial charge in [0, 0.05) is 12.0 Å². The van der Waals surface area contributed by atoms with Crippen LogP contribution in [0.5, 0.6) is 0 Å². The number of hydrogen-bond acceptors (Lipinski definition) is 2. The van der Waals surface area contributed by atoms with Gasteiger partial charge in [-0.1, -0.05) is 19.9 Å². The van der Waals surface area contributed by atoms with Gasteiger partial charge in [0.15, 0.2) is 0 Å². The zero-order chi connectivity index (χ0) is 12.3. The minimum absolute atomic E-state index is 0.162. The lowest BCUT2D eigenvalue weighted by atomic mass is 9.96. The Labute approximate surface area is 93.5 Å². The molecule has 0 spiro atoms. The van der Waals surface area contributed by atoms with E-state index in [1.807, 2.05) is 0 Å². The van der Waals surface area contributed by atoms with Gasteiger partial charge in [-0.15, -0.1) is 0 Å². The lowest BCUT2D eigenvalue weighted by Crippen LogP contribution is -2.33. The molecule has 1 aromatic carbocycles. The van der Waals surface area contributed by atoms with Crippen LogP contribution in [0.4, 0.5) is 8.78 Å². The average Bonchev–Trinajstić information content (AvgIpc) is 2.22. The maximum Gasteiger partial charge on any atom is 0.129 e. The number of aliphatic hydroxyl groups is 2. The zero-order valence-corrected chi connectivity index (χ0v) is 9.32. The number of rotatable bonds is 4. The third-order valence-electron chi connectivity index (χ3n) is 2.55. The highest BCUT2D eigenvalue weighted by atomic mass is 19.1. The van der Waals surface area contributed by atoms with Gasteiger partial charge in [-0.05, 0) is 18.1 Å². The van der Waals surface area contributed by atoms with Crippen LogP contribution in [0.3, 0.4) is 0 Å². The Morgan fingerprint density at radius 3 is 2.06 bits per heavy atom. The summed E-state index contributed by atoms with van der Waals surface area (Å²) in [4.78, 5) is 0. The van der Waals surface area contributed by atoms with Crippen LogP contribution in [0.15, 0.2) is 18.2 Å². The SMILES string of the molecule is CC(C)C(O)C(O)Cc1c(F)cccc1F. The largest absolute Gasteiger partial charge is 0.390 e. The fourth-order valence-electron chi connectivity index (χ4n) is 1.50. The summed E-state index contributed by atoms with van der Waals surface area (Å²) in [5, 5.41) is 19.2. The van der Waals surface area contributed by atoms with E-state index in [1.54, 1.807) is 13.8 Å². The van der Waals surface area contributed by atoms with Crippen LogP contribution >= 0.6 is 0 Å². The molecule has 1 rings (SSSR count). The first-order valence-corrected chi connectivity index (χ1v) is 5.22. The van der Waals surface area contributed by atoms with Gasteiger partial charge in [0.25, 0.3) is 0 Å². The standard InChI is InChI=1S/C12H16F2O2/c1-7(2)12(16)11(15)6-8-9(13)4-3-5-10(8)14/h3-5,7,11-12,15-16H,6H2,1-2H3. The molecule has 2 nitrogen and oxygen atoms in total. The highest BCUT2D eigenvalue weighted by Gasteiger charge is 2.22. The molecule has 0 aliphatic carbocycles. The van der Waals surface area contributed by atoms with Crippen LogP contribution in [-0.2, 0) is 6.42 Å². The molecule has 0 bridgehead atoms. The molecule has 4 heteroatoms. The van der Waals surface area contributed by atoms with E-state index in [9.17, 15) is 19.0 Å². The second-order valence-electron chi connectivity index (χ2n) is 4.21. The number of benzene rings is 1. The van der Waals surface area contributed by atoms with Gasteiger partial charge >= 0.3 is 0 Å². The Morgan fingerprint density at radius 1 is 1.12 bits per heavy atom. The summed E-state index contributed by atoms with van der Waals surface area (Å²) in [5.41, 5.74) is -0.185. The summed E-state index contributed by atoms with van der Waals surface area (Å²) in [6.07, 6.45) is -2.37. The van der Waals surface area contributed by atoms with E-state index in [1.165, 1.54) is 6.07 Å². The monoisotopic (exact) mass is 230 g/mol. The number of hydrogen-bond donors (Lipinski definition) is 2. The third-order valence-corrected chi connectivity index (χ3v) is 2.55. The van der Waals surface area contributed by atoms with Crippen molar-refractivity contribution in [2.24, 2.45) is 5.92 Å². The fraction of sp³-hybridized carbons (Fsp3) is 0.500. The summed E-state index contributed by atoms with van der Waals surface area (Å²) in [5.74, 6) is -1.56. The molecule has 0 aliphatic rings. The van der Waals surface area contributed by atoms with E-state index >= 15 is 0 Å². The molecule has 0 radical (unpaired) electrons. The predicted octanol–water partition coefficient (Wildman–Crippen LogP) is 1.89. The van der Waals surface area contributed by atoms with Gasteiger partial charge < -0.3 is 10.2 Å². The van der Waals surface area contributed by atoms with E-state index in [-0.39, 0.29) is 17.9 Å². The van der Waals surface area contributed by atoms with Crippen molar-refractivity contribution in [2.75, 3.05) is 0 Å². The minimum Gasteiger partial charge on any atom is -0.390 e. The second kappa shape index (κ2) is 5.37. The number of aliphatic hydroxyl groups excluding tert-OH is 2. The molecule has 0 saturated heterocycles. The van der Waals surface area contributed by atoms with Crippen molar-refractivity contribution in [3.63, 3.8) is 0 Å². The fourth-order valence-corrected chi connectivity index (χ4v) is 1.50. The van der Waals surface area contributed by atoms with E-state index < -0.39 is 23.8 Å². The van der Waals surface area contributed by atoms with Gasteiger partial charge in [-0.2, -0.15) is 0 Å². The first kappa shape index (κ1) is 13.1. The molecule has 0 amide bonds. The molecule has 2 unspecified atom stereocenters. The van der Waals surface area contributed by atoms with Gasteiger partial charge in [-0.3, -0.25) is 0 Å². The summed E-state index contributed by atoms with van der Waals surface area (Å²) < 4.78 is 26.5. The first-order valence-electron chi connectivity index (χ1n) is 5.22. The van der Waals surface area contributed by atoms with Gasteiger partial charge in [-0.25, -0.2) is 8.78 Å². The van der Waals surface area contributed by atoms with Crippen LogP contribution in [0, 0.1) is 17.6 Å². The lowest BCUT2D eigenvalue weighted by Gasteiger charge is -2.21. The molecule has 0 fully saturated rings. The maximum atomic E-state index is 13.2. The molecule has 2 atom stereocenters. The Kier molecular flexibility index (Phi) is 4.38. The molecule has 0 heterocycles. The van der Waals surface area contributed by atoms with Crippen LogP contribution in [0.1, 0.15) is 19.4 Å². The van der Waals surface area contributed by atoms with Crippen molar-refractivity contribution in [3.8, 4) is 0 Å². The van der Waals surface area contributed by atoms with Crippen molar-refractivity contribution >= 4 is 0 Å². The minimum atomic E-state index is -1.16. The normalized spacial score (nSPS) is 15.2. The van der Waals surface area contributed by atoms with E-state index in [0.29, 0.717) is 0 Å². The highest BCUT2D eigenvalue weighted by molar-refractivity contribution is 5.20. The topological polar surface area (TPSA) is 40.5 Å².